The Morgan fingerprint density at radius 2 is 1.88 bits per heavy atom. The molecule has 1 amide bonds. The van der Waals surface area contributed by atoms with Gasteiger partial charge in [-0.25, -0.2) is 8.42 Å². The number of hydrogen-bond acceptors (Lipinski definition) is 5. The minimum atomic E-state index is -3.55. The monoisotopic (exact) mass is 380 g/mol. The van der Waals surface area contributed by atoms with E-state index in [9.17, 15) is 13.2 Å². The van der Waals surface area contributed by atoms with Gasteiger partial charge in [0, 0.05) is 20.1 Å². The van der Waals surface area contributed by atoms with Crippen LogP contribution >= 0.6 is 11.3 Å². The summed E-state index contributed by atoms with van der Waals surface area (Å²) in [5, 5.41) is 1.73. The Morgan fingerprint density at radius 3 is 2.48 bits per heavy atom. The molecule has 0 aliphatic carbocycles. The maximum Gasteiger partial charge on any atom is 0.273 e. The second-order valence-corrected chi connectivity index (χ2v) is 8.92. The van der Waals surface area contributed by atoms with Crippen molar-refractivity contribution in [1.29, 1.82) is 0 Å². The Labute approximate surface area is 151 Å². The van der Waals surface area contributed by atoms with Crippen LogP contribution in [0, 0.1) is 0 Å². The van der Waals surface area contributed by atoms with Gasteiger partial charge >= 0.3 is 0 Å². The Balaban J connectivity index is 1.63. The van der Waals surface area contributed by atoms with Crippen LogP contribution in [-0.4, -0.2) is 46.0 Å². The van der Waals surface area contributed by atoms with Crippen LogP contribution in [0.2, 0.25) is 0 Å². The topological polar surface area (TPSA) is 66.9 Å². The lowest BCUT2D eigenvalue weighted by atomic mass is 10.3. The summed E-state index contributed by atoms with van der Waals surface area (Å²) in [4.78, 5) is 13.8. The quantitative estimate of drug-likeness (QED) is 0.773. The predicted octanol–water partition coefficient (Wildman–Crippen LogP) is 2.57. The molecule has 1 saturated heterocycles. The van der Waals surface area contributed by atoms with Crippen molar-refractivity contribution in [2.24, 2.45) is 0 Å². The highest BCUT2D eigenvalue weighted by Crippen LogP contribution is 2.26. The highest BCUT2D eigenvalue weighted by atomic mass is 32.2. The zero-order valence-electron chi connectivity index (χ0n) is 13.9. The number of thiophene rings is 1. The van der Waals surface area contributed by atoms with Gasteiger partial charge in [-0.15, -0.1) is 11.3 Å². The van der Waals surface area contributed by atoms with E-state index in [2.05, 4.69) is 0 Å². The lowest BCUT2D eigenvalue weighted by molar-refractivity contribution is -0.132. The predicted molar refractivity (Wildman–Crippen MR) is 97.7 cm³/mol. The van der Waals surface area contributed by atoms with Crippen molar-refractivity contribution in [3.8, 4) is 5.75 Å². The summed E-state index contributed by atoms with van der Waals surface area (Å²) in [5.41, 5.74) is 0.534. The third-order valence-corrected chi connectivity index (χ3v) is 7.29. The number of ether oxygens (including phenoxy) is 1. The summed E-state index contributed by atoms with van der Waals surface area (Å²) in [5.74, 6) is 0.525. The van der Waals surface area contributed by atoms with Crippen LogP contribution in [0.4, 0.5) is 5.69 Å². The molecule has 2 heterocycles. The number of carbonyl (C=O) groups is 1. The molecule has 0 spiro atoms. The first-order valence-corrected chi connectivity index (χ1v) is 10.3. The van der Waals surface area contributed by atoms with Gasteiger partial charge in [0.2, 0.25) is 0 Å². The minimum absolute atomic E-state index is 0.00266. The number of carbonyl (C=O) groups excluding carboxylic acids is 1. The standard InChI is InChI=1S/C17H20N2O4S2/c1-18(25(21,22)17-5-4-12-24-17)14-6-8-15(9-7-14)23-13-16(20)19-10-2-3-11-19/h4-9,12H,2-3,10-11,13H2,1H3. The van der Waals surface area contributed by atoms with Crippen molar-refractivity contribution in [3.05, 3.63) is 41.8 Å². The molecule has 1 aromatic heterocycles. The molecule has 1 aliphatic rings. The largest absolute Gasteiger partial charge is 0.484 e. The number of amides is 1. The average Bonchev–Trinajstić information content (AvgIpc) is 3.33. The zero-order chi connectivity index (χ0) is 17.9. The van der Waals surface area contributed by atoms with E-state index in [1.807, 2.05) is 0 Å². The first-order valence-electron chi connectivity index (χ1n) is 8.01. The van der Waals surface area contributed by atoms with Crippen molar-refractivity contribution in [3.63, 3.8) is 0 Å². The molecule has 1 fully saturated rings. The minimum Gasteiger partial charge on any atom is -0.484 e. The number of benzene rings is 1. The summed E-state index contributed by atoms with van der Waals surface area (Å²) < 4.78 is 32.0. The summed E-state index contributed by atoms with van der Waals surface area (Å²) >= 11 is 1.18. The number of hydrogen-bond donors (Lipinski definition) is 0. The fraction of sp³-hybridized carbons (Fsp3) is 0.353. The Hall–Kier alpha value is -2.06. The molecule has 1 aromatic carbocycles. The molecule has 134 valence electrons. The number of sulfonamides is 1. The molecule has 8 heteroatoms. The van der Waals surface area contributed by atoms with Gasteiger partial charge in [-0.3, -0.25) is 9.10 Å². The molecule has 0 unspecified atom stereocenters. The summed E-state index contributed by atoms with van der Waals surface area (Å²) in [6, 6.07) is 9.97. The van der Waals surface area contributed by atoms with Crippen LogP contribution in [0.5, 0.6) is 5.75 Å². The Morgan fingerprint density at radius 1 is 1.20 bits per heavy atom. The van der Waals surface area contributed by atoms with E-state index in [4.69, 9.17) is 4.74 Å². The first kappa shape index (κ1) is 17.8. The maximum absolute atomic E-state index is 12.5. The number of anilines is 1. The molecule has 0 atom stereocenters. The third kappa shape index (κ3) is 3.96. The molecule has 0 N–H and O–H groups in total. The van der Waals surface area contributed by atoms with Gasteiger partial charge in [0.15, 0.2) is 6.61 Å². The normalized spacial score (nSPS) is 14.5. The van der Waals surface area contributed by atoms with E-state index in [0.717, 1.165) is 25.9 Å². The molecule has 25 heavy (non-hydrogen) atoms. The van der Waals surface area contributed by atoms with E-state index in [0.29, 0.717) is 15.6 Å². The zero-order valence-corrected chi connectivity index (χ0v) is 15.6. The van der Waals surface area contributed by atoms with Crippen molar-refractivity contribution < 1.29 is 17.9 Å². The van der Waals surface area contributed by atoms with E-state index in [1.54, 1.807) is 46.7 Å². The first-order chi connectivity index (χ1) is 12.0. The average molecular weight is 380 g/mol. The van der Waals surface area contributed by atoms with Gasteiger partial charge in [0.1, 0.15) is 9.96 Å². The fourth-order valence-electron chi connectivity index (χ4n) is 2.64. The van der Waals surface area contributed by atoms with E-state index >= 15 is 0 Å². The Bertz CT molecular complexity index is 811. The van der Waals surface area contributed by atoms with Crippen LogP contribution < -0.4 is 9.04 Å². The molecule has 6 nitrogen and oxygen atoms in total. The van der Waals surface area contributed by atoms with Gasteiger partial charge in [-0.2, -0.15) is 0 Å². The molecule has 0 radical (unpaired) electrons. The third-order valence-electron chi connectivity index (χ3n) is 4.13. The van der Waals surface area contributed by atoms with Gasteiger partial charge < -0.3 is 9.64 Å². The highest BCUT2D eigenvalue weighted by Gasteiger charge is 2.22. The molecule has 2 aromatic rings. The van der Waals surface area contributed by atoms with Crippen LogP contribution in [0.25, 0.3) is 0 Å². The van der Waals surface area contributed by atoms with E-state index < -0.39 is 10.0 Å². The van der Waals surface area contributed by atoms with Crippen molar-refractivity contribution >= 4 is 33.0 Å². The summed E-state index contributed by atoms with van der Waals surface area (Å²) in [7, 11) is -2.03. The van der Waals surface area contributed by atoms with Gasteiger partial charge in [-0.1, -0.05) is 6.07 Å². The fourth-order valence-corrected chi connectivity index (χ4v) is 5.00. The maximum atomic E-state index is 12.5. The van der Waals surface area contributed by atoms with E-state index in [-0.39, 0.29) is 12.5 Å². The number of nitrogens with zero attached hydrogens (tertiary/aromatic N) is 2. The molecule has 1 aliphatic heterocycles. The Kier molecular flexibility index (Phi) is 5.29. The summed E-state index contributed by atoms with van der Waals surface area (Å²) in [6.45, 7) is 1.60. The van der Waals surface area contributed by atoms with Crippen molar-refractivity contribution in [2.45, 2.75) is 17.1 Å². The van der Waals surface area contributed by atoms with Crippen molar-refractivity contribution in [1.82, 2.24) is 4.90 Å². The molecule has 0 bridgehead atoms. The molecular formula is C17H20N2O4S2. The van der Waals surface area contributed by atoms with Crippen molar-refractivity contribution in [2.75, 3.05) is 31.0 Å². The van der Waals surface area contributed by atoms with Crippen LogP contribution in [-0.2, 0) is 14.8 Å². The number of rotatable bonds is 6. The second kappa shape index (κ2) is 7.45. The van der Waals surface area contributed by atoms with Crippen LogP contribution in [0.1, 0.15) is 12.8 Å². The van der Waals surface area contributed by atoms with Gasteiger partial charge in [0.25, 0.3) is 15.9 Å². The SMILES string of the molecule is CN(c1ccc(OCC(=O)N2CCCC2)cc1)S(=O)(=O)c1cccs1. The van der Waals surface area contributed by atoms with Crippen LogP contribution in [0.3, 0.4) is 0 Å². The lowest BCUT2D eigenvalue weighted by Crippen LogP contribution is -2.32. The van der Waals surface area contributed by atoms with Gasteiger partial charge in [0.05, 0.1) is 5.69 Å². The van der Waals surface area contributed by atoms with E-state index in [1.165, 1.54) is 22.7 Å². The highest BCUT2D eigenvalue weighted by molar-refractivity contribution is 7.94. The van der Waals surface area contributed by atoms with Gasteiger partial charge in [-0.05, 0) is 48.6 Å². The second-order valence-electron chi connectivity index (χ2n) is 5.78. The van der Waals surface area contributed by atoms with Crippen LogP contribution in [0.15, 0.2) is 46.0 Å². The summed E-state index contributed by atoms with van der Waals surface area (Å²) in [6.07, 6.45) is 2.09. The molecule has 3 rings (SSSR count). The lowest BCUT2D eigenvalue weighted by Gasteiger charge is -2.19. The number of likely N-dealkylation sites (tertiary alicyclic amines) is 1. The molecular weight excluding hydrogens is 360 g/mol. The smallest absolute Gasteiger partial charge is 0.273 e. The molecule has 0 saturated carbocycles.